The van der Waals surface area contributed by atoms with Crippen LogP contribution >= 0.6 is 0 Å². The van der Waals surface area contributed by atoms with E-state index in [1.54, 1.807) is 0 Å². The lowest BCUT2D eigenvalue weighted by molar-refractivity contribution is -0.138. The van der Waals surface area contributed by atoms with Gasteiger partial charge in [-0.15, -0.1) is 0 Å². The molecule has 0 aromatic carbocycles. The summed E-state index contributed by atoms with van der Waals surface area (Å²) in [6.45, 7) is 0. The van der Waals surface area contributed by atoms with Gasteiger partial charge in [0, 0.05) is 6.42 Å². The Kier molecular flexibility index (Phi) is 3.83. The van der Waals surface area contributed by atoms with E-state index in [9.17, 15) is 18.0 Å². The van der Waals surface area contributed by atoms with Crippen molar-refractivity contribution in [2.75, 3.05) is 0 Å². The van der Waals surface area contributed by atoms with Crippen molar-refractivity contribution in [3.8, 4) is 0 Å². The van der Waals surface area contributed by atoms with Crippen LogP contribution in [-0.4, -0.2) is 23.7 Å². The van der Waals surface area contributed by atoms with Crippen LogP contribution < -0.4 is 0 Å². The monoisotopic (exact) mass is 156 g/mol. The Morgan fingerprint density at radius 2 is 1.90 bits per heavy atom. The summed E-state index contributed by atoms with van der Waals surface area (Å²) in [6, 6.07) is 0. The number of aliphatic carboxylic acids is 1. The predicted molar refractivity (Wildman–Crippen MR) is 27.8 cm³/mol. The number of hydrogen-bond acceptors (Lipinski definition) is 1. The van der Waals surface area contributed by atoms with Crippen molar-refractivity contribution in [3.05, 3.63) is 0 Å². The van der Waals surface area contributed by atoms with Crippen LogP contribution in [-0.2, 0) is 4.79 Å². The zero-order valence-electron chi connectivity index (χ0n) is 5.06. The number of carboxylic acids is 1. The van der Waals surface area contributed by atoms with E-state index in [0.717, 1.165) is 0 Å². The summed E-state index contributed by atoms with van der Waals surface area (Å²) in [4.78, 5) is 9.71. The third-order valence-corrected chi connectivity index (χ3v) is 0.830. The van der Waals surface area contributed by atoms with E-state index in [1.165, 1.54) is 0 Å². The molecular weight excluding hydrogens is 149 g/mol. The van der Waals surface area contributed by atoms with E-state index < -0.39 is 31.4 Å². The van der Waals surface area contributed by atoms with Gasteiger partial charge in [0.2, 0.25) is 6.43 Å². The van der Waals surface area contributed by atoms with Crippen molar-refractivity contribution in [2.45, 2.75) is 25.4 Å². The van der Waals surface area contributed by atoms with Gasteiger partial charge in [0.25, 0.3) is 0 Å². The van der Waals surface area contributed by atoms with Gasteiger partial charge in [0.1, 0.15) is 6.17 Å². The Bertz CT molecular complexity index is 115. The normalized spacial score (nSPS) is 13.6. The molecule has 5 heteroatoms. The van der Waals surface area contributed by atoms with Crippen LogP contribution in [0.25, 0.3) is 0 Å². The summed E-state index contributed by atoms with van der Waals surface area (Å²) in [5.41, 5.74) is 0. The predicted octanol–water partition coefficient (Wildman–Crippen LogP) is 1.45. The molecule has 1 atom stereocenters. The van der Waals surface area contributed by atoms with E-state index in [2.05, 4.69) is 0 Å². The van der Waals surface area contributed by atoms with Gasteiger partial charge >= 0.3 is 5.97 Å². The Morgan fingerprint density at radius 1 is 1.40 bits per heavy atom. The molecule has 0 spiro atoms. The van der Waals surface area contributed by atoms with Crippen LogP contribution in [0.1, 0.15) is 12.8 Å². The van der Waals surface area contributed by atoms with Crippen LogP contribution in [0.2, 0.25) is 0 Å². The minimum Gasteiger partial charge on any atom is -0.481 e. The molecule has 0 radical (unpaired) electrons. The molecule has 60 valence electrons. The molecule has 1 unspecified atom stereocenters. The Hall–Kier alpha value is -0.740. The highest BCUT2D eigenvalue weighted by atomic mass is 19.3. The molecule has 0 aliphatic rings. The Labute approximate surface area is 55.7 Å². The molecule has 0 amide bonds. The zero-order chi connectivity index (χ0) is 8.15. The van der Waals surface area contributed by atoms with E-state index in [1.807, 2.05) is 0 Å². The molecule has 0 rings (SSSR count). The van der Waals surface area contributed by atoms with Crippen LogP contribution in [0.4, 0.5) is 13.2 Å². The standard InChI is InChI=1S/C5H7F3O2/c6-3(1-4(7)8)2-5(9)10/h3-4H,1-2H2,(H,9,10). The first-order chi connectivity index (χ1) is 4.52. The minimum atomic E-state index is -2.77. The summed E-state index contributed by atoms with van der Waals surface area (Å²) >= 11 is 0. The smallest absolute Gasteiger partial charge is 0.306 e. The average molecular weight is 156 g/mol. The Balaban J connectivity index is 3.43. The second-order valence-electron chi connectivity index (χ2n) is 1.82. The number of hydrogen-bond donors (Lipinski definition) is 1. The number of rotatable bonds is 4. The maximum Gasteiger partial charge on any atom is 0.306 e. The highest BCUT2D eigenvalue weighted by molar-refractivity contribution is 5.67. The van der Waals surface area contributed by atoms with E-state index >= 15 is 0 Å². The van der Waals surface area contributed by atoms with Crippen molar-refractivity contribution in [1.29, 1.82) is 0 Å². The van der Waals surface area contributed by atoms with Gasteiger partial charge in [0.05, 0.1) is 6.42 Å². The van der Waals surface area contributed by atoms with Gasteiger partial charge < -0.3 is 5.11 Å². The lowest BCUT2D eigenvalue weighted by atomic mass is 10.2. The maximum atomic E-state index is 12.0. The van der Waals surface area contributed by atoms with Crippen molar-refractivity contribution in [3.63, 3.8) is 0 Å². The van der Waals surface area contributed by atoms with Crippen molar-refractivity contribution >= 4 is 5.97 Å². The summed E-state index contributed by atoms with van der Waals surface area (Å²) in [7, 11) is 0. The third kappa shape index (κ3) is 5.40. The van der Waals surface area contributed by atoms with Gasteiger partial charge in [-0.1, -0.05) is 0 Å². The quantitative estimate of drug-likeness (QED) is 0.668. The molecule has 0 heterocycles. The number of carbonyl (C=O) groups is 1. The molecule has 2 nitrogen and oxygen atoms in total. The fraction of sp³-hybridized carbons (Fsp3) is 0.800. The summed E-state index contributed by atoms with van der Waals surface area (Å²) < 4.78 is 34.6. The molecular formula is C5H7F3O2. The maximum absolute atomic E-state index is 12.0. The summed E-state index contributed by atoms with van der Waals surface area (Å²) in [5, 5.41) is 7.91. The van der Waals surface area contributed by atoms with Crippen LogP contribution in [0.3, 0.4) is 0 Å². The van der Waals surface area contributed by atoms with Gasteiger partial charge in [-0.2, -0.15) is 0 Å². The molecule has 0 aliphatic carbocycles. The molecule has 0 fully saturated rings. The van der Waals surface area contributed by atoms with Gasteiger partial charge in [-0.3, -0.25) is 4.79 Å². The molecule has 0 saturated heterocycles. The number of carboxylic acid groups (broad SMARTS) is 1. The van der Waals surface area contributed by atoms with Gasteiger partial charge in [-0.25, -0.2) is 13.2 Å². The largest absolute Gasteiger partial charge is 0.481 e. The van der Waals surface area contributed by atoms with Crippen LogP contribution in [0.5, 0.6) is 0 Å². The van der Waals surface area contributed by atoms with E-state index in [4.69, 9.17) is 5.11 Å². The molecule has 0 saturated carbocycles. The van der Waals surface area contributed by atoms with Crippen molar-refractivity contribution in [1.82, 2.24) is 0 Å². The average Bonchev–Trinajstić information content (AvgIpc) is 1.58. The second-order valence-corrected chi connectivity index (χ2v) is 1.82. The molecule has 0 aromatic heterocycles. The first-order valence-corrected chi connectivity index (χ1v) is 2.66. The van der Waals surface area contributed by atoms with Crippen LogP contribution in [0.15, 0.2) is 0 Å². The van der Waals surface area contributed by atoms with Crippen molar-refractivity contribution in [2.24, 2.45) is 0 Å². The fourth-order valence-electron chi connectivity index (χ4n) is 0.466. The first kappa shape index (κ1) is 9.26. The zero-order valence-corrected chi connectivity index (χ0v) is 5.06. The lowest BCUT2D eigenvalue weighted by Crippen LogP contribution is -2.11. The molecule has 0 aromatic rings. The molecule has 10 heavy (non-hydrogen) atoms. The number of alkyl halides is 3. The highest BCUT2D eigenvalue weighted by Crippen LogP contribution is 2.10. The molecule has 0 aliphatic heterocycles. The summed E-state index contributed by atoms with van der Waals surface area (Å²) in [6.07, 6.45) is -6.54. The lowest BCUT2D eigenvalue weighted by Gasteiger charge is -2.02. The fourth-order valence-corrected chi connectivity index (χ4v) is 0.466. The highest BCUT2D eigenvalue weighted by Gasteiger charge is 2.16. The molecule has 1 N–H and O–H groups in total. The summed E-state index contributed by atoms with van der Waals surface area (Å²) in [5.74, 6) is -1.40. The van der Waals surface area contributed by atoms with E-state index in [0.29, 0.717) is 0 Å². The van der Waals surface area contributed by atoms with Crippen molar-refractivity contribution < 1.29 is 23.1 Å². The SMILES string of the molecule is O=C(O)CC(F)CC(F)F. The first-order valence-electron chi connectivity index (χ1n) is 2.66. The van der Waals surface area contributed by atoms with E-state index in [-0.39, 0.29) is 0 Å². The Morgan fingerprint density at radius 3 is 2.20 bits per heavy atom. The topological polar surface area (TPSA) is 37.3 Å². The van der Waals surface area contributed by atoms with Gasteiger partial charge in [0.15, 0.2) is 0 Å². The second kappa shape index (κ2) is 4.14. The third-order valence-electron chi connectivity index (χ3n) is 0.830. The molecule has 0 bridgehead atoms. The number of halogens is 3. The minimum absolute atomic E-state index is 0.843. The van der Waals surface area contributed by atoms with Crippen LogP contribution in [0, 0.1) is 0 Å². The van der Waals surface area contributed by atoms with Gasteiger partial charge in [-0.05, 0) is 0 Å².